The zero-order valence-corrected chi connectivity index (χ0v) is 12.4. The standard InChI is InChI=1S/C18H18N2O2/c1-12-3-2-4-13(9-12)18(22)19-8-7-14-11-20-17-10-15(21)5-6-16(14)17/h2-6,9-11,20-21H,7-8H2,1H3,(H,19,22). The SMILES string of the molecule is Cc1cccc(C(=O)NCCc2c[nH]c3cc(O)ccc23)c1. The Kier molecular flexibility index (Phi) is 3.83. The minimum absolute atomic E-state index is 0.0545. The van der Waals surface area contributed by atoms with E-state index in [1.807, 2.05) is 43.5 Å². The van der Waals surface area contributed by atoms with Crippen molar-refractivity contribution in [3.05, 3.63) is 65.4 Å². The average Bonchev–Trinajstić information content (AvgIpc) is 2.89. The molecule has 0 saturated carbocycles. The van der Waals surface area contributed by atoms with Crippen LogP contribution in [0.3, 0.4) is 0 Å². The Hall–Kier alpha value is -2.75. The minimum atomic E-state index is -0.0545. The Bertz CT molecular complexity index is 821. The van der Waals surface area contributed by atoms with Gasteiger partial charge in [-0.15, -0.1) is 0 Å². The van der Waals surface area contributed by atoms with E-state index in [2.05, 4.69) is 10.3 Å². The predicted octanol–water partition coefficient (Wildman–Crippen LogP) is 3.15. The number of nitrogens with one attached hydrogen (secondary N) is 2. The molecule has 0 atom stereocenters. The lowest BCUT2D eigenvalue weighted by molar-refractivity contribution is 0.0954. The maximum Gasteiger partial charge on any atom is 0.251 e. The van der Waals surface area contributed by atoms with Gasteiger partial charge in [0.25, 0.3) is 5.91 Å². The first kappa shape index (κ1) is 14.2. The number of fused-ring (bicyclic) bond motifs is 1. The van der Waals surface area contributed by atoms with Crippen molar-refractivity contribution in [2.75, 3.05) is 6.54 Å². The molecular weight excluding hydrogens is 276 g/mol. The highest BCUT2D eigenvalue weighted by atomic mass is 16.3. The van der Waals surface area contributed by atoms with Crippen molar-refractivity contribution in [3.8, 4) is 5.75 Å². The summed E-state index contributed by atoms with van der Waals surface area (Å²) in [5, 5.41) is 13.5. The van der Waals surface area contributed by atoms with E-state index < -0.39 is 0 Å². The number of amides is 1. The van der Waals surface area contributed by atoms with Gasteiger partial charge in [0, 0.05) is 35.3 Å². The first-order chi connectivity index (χ1) is 10.6. The lowest BCUT2D eigenvalue weighted by atomic mass is 10.1. The second-order valence-electron chi connectivity index (χ2n) is 5.42. The largest absolute Gasteiger partial charge is 0.508 e. The molecule has 3 N–H and O–H groups in total. The Morgan fingerprint density at radius 1 is 1.23 bits per heavy atom. The van der Waals surface area contributed by atoms with Crippen molar-refractivity contribution in [1.82, 2.24) is 10.3 Å². The van der Waals surface area contributed by atoms with Crippen LogP contribution in [0.4, 0.5) is 0 Å². The van der Waals surface area contributed by atoms with Gasteiger partial charge < -0.3 is 15.4 Å². The summed E-state index contributed by atoms with van der Waals surface area (Å²) in [4.78, 5) is 15.2. The van der Waals surface area contributed by atoms with Crippen LogP contribution in [0.25, 0.3) is 10.9 Å². The van der Waals surface area contributed by atoms with Crippen molar-refractivity contribution < 1.29 is 9.90 Å². The number of aryl methyl sites for hydroxylation is 1. The molecule has 0 spiro atoms. The Balaban J connectivity index is 1.64. The summed E-state index contributed by atoms with van der Waals surface area (Å²) in [5.74, 6) is 0.190. The summed E-state index contributed by atoms with van der Waals surface area (Å²) < 4.78 is 0. The second-order valence-corrected chi connectivity index (χ2v) is 5.42. The summed E-state index contributed by atoms with van der Waals surface area (Å²) in [6, 6.07) is 12.8. The van der Waals surface area contributed by atoms with Crippen molar-refractivity contribution in [1.29, 1.82) is 0 Å². The van der Waals surface area contributed by atoms with Gasteiger partial charge in [-0.25, -0.2) is 0 Å². The van der Waals surface area contributed by atoms with Crippen LogP contribution >= 0.6 is 0 Å². The molecular formula is C18H18N2O2. The maximum absolute atomic E-state index is 12.1. The summed E-state index contributed by atoms with van der Waals surface area (Å²) >= 11 is 0. The molecule has 22 heavy (non-hydrogen) atoms. The lowest BCUT2D eigenvalue weighted by Gasteiger charge is -2.05. The number of rotatable bonds is 4. The van der Waals surface area contributed by atoms with Crippen LogP contribution in [0.1, 0.15) is 21.5 Å². The fourth-order valence-electron chi connectivity index (χ4n) is 2.58. The number of benzene rings is 2. The van der Waals surface area contributed by atoms with E-state index in [-0.39, 0.29) is 11.7 Å². The highest BCUT2D eigenvalue weighted by Gasteiger charge is 2.07. The molecule has 0 bridgehead atoms. The number of phenolic OH excluding ortho intramolecular Hbond substituents is 1. The first-order valence-electron chi connectivity index (χ1n) is 7.27. The van der Waals surface area contributed by atoms with Gasteiger partial charge in [-0.05, 0) is 43.2 Å². The van der Waals surface area contributed by atoms with E-state index in [4.69, 9.17) is 0 Å². The molecule has 4 nitrogen and oxygen atoms in total. The van der Waals surface area contributed by atoms with Gasteiger partial charge in [0.2, 0.25) is 0 Å². The molecule has 1 amide bonds. The number of aromatic amines is 1. The molecule has 1 heterocycles. The van der Waals surface area contributed by atoms with Crippen molar-refractivity contribution in [3.63, 3.8) is 0 Å². The fraction of sp³-hybridized carbons (Fsp3) is 0.167. The molecule has 0 aliphatic rings. The average molecular weight is 294 g/mol. The highest BCUT2D eigenvalue weighted by molar-refractivity contribution is 5.94. The third-order valence-corrected chi connectivity index (χ3v) is 3.71. The van der Waals surface area contributed by atoms with Crippen LogP contribution < -0.4 is 5.32 Å². The summed E-state index contributed by atoms with van der Waals surface area (Å²) in [7, 11) is 0. The fourth-order valence-corrected chi connectivity index (χ4v) is 2.58. The molecule has 0 saturated heterocycles. The van der Waals surface area contributed by atoms with Gasteiger partial charge in [-0.1, -0.05) is 17.7 Å². The summed E-state index contributed by atoms with van der Waals surface area (Å²) in [6.07, 6.45) is 2.66. The molecule has 0 radical (unpaired) electrons. The molecule has 3 rings (SSSR count). The Labute approximate surface area is 128 Å². The Morgan fingerprint density at radius 3 is 2.91 bits per heavy atom. The summed E-state index contributed by atoms with van der Waals surface area (Å²) in [5.41, 5.74) is 3.78. The van der Waals surface area contributed by atoms with E-state index in [1.165, 1.54) is 0 Å². The van der Waals surface area contributed by atoms with Crippen LogP contribution in [0, 0.1) is 6.92 Å². The van der Waals surface area contributed by atoms with Crippen molar-refractivity contribution in [2.24, 2.45) is 0 Å². The molecule has 112 valence electrons. The molecule has 2 aromatic carbocycles. The number of hydrogen-bond acceptors (Lipinski definition) is 2. The van der Waals surface area contributed by atoms with Gasteiger partial charge in [-0.2, -0.15) is 0 Å². The first-order valence-corrected chi connectivity index (χ1v) is 7.27. The predicted molar refractivity (Wildman–Crippen MR) is 87.2 cm³/mol. The zero-order chi connectivity index (χ0) is 15.5. The normalized spacial score (nSPS) is 10.8. The topological polar surface area (TPSA) is 65.1 Å². The monoisotopic (exact) mass is 294 g/mol. The van der Waals surface area contributed by atoms with Gasteiger partial charge >= 0.3 is 0 Å². The maximum atomic E-state index is 12.1. The molecule has 4 heteroatoms. The van der Waals surface area contributed by atoms with Crippen molar-refractivity contribution >= 4 is 16.8 Å². The minimum Gasteiger partial charge on any atom is -0.508 e. The number of carbonyl (C=O) groups is 1. The smallest absolute Gasteiger partial charge is 0.251 e. The van der Waals surface area contributed by atoms with E-state index in [9.17, 15) is 9.90 Å². The number of H-pyrrole nitrogens is 1. The number of carbonyl (C=O) groups excluding carboxylic acids is 1. The quantitative estimate of drug-likeness (QED) is 0.692. The molecule has 0 aliphatic carbocycles. The van der Waals surface area contributed by atoms with Gasteiger partial charge in [-0.3, -0.25) is 4.79 Å². The van der Waals surface area contributed by atoms with E-state index in [1.54, 1.807) is 12.1 Å². The van der Waals surface area contributed by atoms with Gasteiger partial charge in [0.15, 0.2) is 0 Å². The van der Waals surface area contributed by atoms with Crippen LogP contribution in [0.2, 0.25) is 0 Å². The van der Waals surface area contributed by atoms with Crippen LogP contribution in [-0.2, 0) is 6.42 Å². The third-order valence-electron chi connectivity index (χ3n) is 3.71. The van der Waals surface area contributed by atoms with Crippen LogP contribution in [0.15, 0.2) is 48.7 Å². The second kappa shape index (κ2) is 5.93. The number of phenols is 1. The van der Waals surface area contributed by atoms with E-state index >= 15 is 0 Å². The van der Waals surface area contributed by atoms with Gasteiger partial charge in [0.1, 0.15) is 5.75 Å². The van der Waals surface area contributed by atoms with E-state index in [0.717, 1.165) is 28.5 Å². The molecule has 0 aliphatic heterocycles. The van der Waals surface area contributed by atoms with Crippen molar-refractivity contribution in [2.45, 2.75) is 13.3 Å². The number of aromatic hydroxyl groups is 1. The molecule has 0 fully saturated rings. The zero-order valence-electron chi connectivity index (χ0n) is 12.4. The molecule has 0 unspecified atom stereocenters. The third kappa shape index (κ3) is 2.96. The molecule has 3 aromatic rings. The number of aromatic nitrogens is 1. The van der Waals surface area contributed by atoms with Gasteiger partial charge in [0.05, 0.1) is 0 Å². The van der Waals surface area contributed by atoms with Crippen LogP contribution in [-0.4, -0.2) is 22.5 Å². The van der Waals surface area contributed by atoms with E-state index in [0.29, 0.717) is 12.1 Å². The number of hydrogen-bond donors (Lipinski definition) is 3. The molecule has 1 aromatic heterocycles. The van der Waals surface area contributed by atoms with Crippen LogP contribution in [0.5, 0.6) is 5.75 Å². The summed E-state index contributed by atoms with van der Waals surface area (Å²) in [6.45, 7) is 2.54. The highest BCUT2D eigenvalue weighted by Crippen LogP contribution is 2.22. The Morgan fingerprint density at radius 2 is 2.09 bits per heavy atom. The lowest BCUT2D eigenvalue weighted by Crippen LogP contribution is -2.25.